The molecule has 0 saturated heterocycles. The van der Waals surface area contributed by atoms with Crippen molar-refractivity contribution < 1.29 is 9.53 Å². The maximum absolute atomic E-state index is 11.9. The Balaban J connectivity index is 1.76. The van der Waals surface area contributed by atoms with Crippen molar-refractivity contribution in [1.29, 1.82) is 0 Å². The molecule has 0 radical (unpaired) electrons. The van der Waals surface area contributed by atoms with E-state index in [2.05, 4.69) is 10.1 Å². The Hall–Kier alpha value is -2.28. The minimum atomic E-state index is -0.102. The molecule has 2 N–H and O–H groups in total. The number of likely N-dealkylation sites (N-methyl/N-ethyl adjacent to an activating group) is 1. The van der Waals surface area contributed by atoms with Gasteiger partial charge in [-0.1, -0.05) is 17.7 Å². The summed E-state index contributed by atoms with van der Waals surface area (Å²) in [6.45, 7) is 0.926. The third-order valence-electron chi connectivity index (χ3n) is 2.77. The van der Waals surface area contributed by atoms with Crippen molar-refractivity contribution >= 4 is 23.5 Å². The van der Waals surface area contributed by atoms with Gasteiger partial charge in [-0.3, -0.25) is 4.79 Å². The number of nitrogens with zero attached hydrogens (tertiary/aromatic N) is 4. The number of hydrogen-bond donors (Lipinski definition) is 1. The van der Waals surface area contributed by atoms with E-state index < -0.39 is 0 Å². The van der Waals surface area contributed by atoms with Crippen LogP contribution in [0.1, 0.15) is 0 Å². The number of rotatable bonds is 6. The van der Waals surface area contributed by atoms with Gasteiger partial charge in [-0.15, -0.1) is 5.10 Å². The monoisotopic (exact) mass is 309 g/mol. The summed E-state index contributed by atoms with van der Waals surface area (Å²) in [5.41, 5.74) is 5.39. The zero-order valence-corrected chi connectivity index (χ0v) is 12.3. The molecule has 0 aliphatic rings. The fraction of sp³-hybridized carbons (Fsp3) is 0.308. The fourth-order valence-corrected chi connectivity index (χ4v) is 1.81. The van der Waals surface area contributed by atoms with Crippen LogP contribution in [-0.2, 0) is 11.3 Å². The van der Waals surface area contributed by atoms with Gasteiger partial charge in [0, 0.05) is 12.1 Å². The maximum atomic E-state index is 11.9. The summed E-state index contributed by atoms with van der Waals surface area (Å²) in [6, 6.07) is 7.11. The van der Waals surface area contributed by atoms with Crippen molar-refractivity contribution in [2.75, 3.05) is 25.9 Å². The lowest BCUT2D eigenvalue weighted by Crippen LogP contribution is -2.33. The van der Waals surface area contributed by atoms with Gasteiger partial charge < -0.3 is 15.4 Å². The van der Waals surface area contributed by atoms with E-state index in [0.717, 1.165) is 0 Å². The van der Waals surface area contributed by atoms with Crippen molar-refractivity contribution in [2.24, 2.45) is 0 Å². The SMILES string of the molecule is CN(CCOc1cccc(Cl)c1)C(=O)Cn1cnc(N)n1. The van der Waals surface area contributed by atoms with Gasteiger partial charge in [0.2, 0.25) is 11.9 Å². The zero-order valence-electron chi connectivity index (χ0n) is 11.6. The third-order valence-corrected chi connectivity index (χ3v) is 3.00. The summed E-state index contributed by atoms with van der Waals surface area (Å²) in [4.78, 5) is 17.3. The molecule has 2 rings (SSSR count). The average molecular weight is 310 g/mol. The highest BCUT2D eigenvalue weighted by Crippen LogP contribution is 2.16. The van der Waals surface area contributed by atoms with Gasteiger partial charge in [0.25, 0.3) is 0 Å². The van der Waals surface area contributed by atoms with Crippen molar-refractivity contribution in [3.05, 3.63) is 35.6 Å². The number of amides is 1. The largest absolute Gasteiger partial charge is 0.492 e. The molecule has 0 bridgehead atoms. The first kappa shape index (κ1) is 15.1. The number of carbonyl (C=O) groups is 1. The number of nitrogens with two attached hydrogens (primary N) is 1. The van der Waals surface area contributed by atoms with E-state index in [1.165, 1.54) is 11.0 Å². The number of carbonyl (C=O) groups excluding carboxylic acids is 1. The van der Waals surface area contributed by atoms with Gasteiger partial charge >= 0.3 is 0 Å². The molecule has 0 unspecified atom stereocenters. The second-order valence-corrected chi connectivity index (χ2v) is 4.86. The summed E-state index contributed by atoms with van der Waals surface area (Å²) in [6.07, 6.45) is 1.42. The number of nitrogen functional groups attached to an aromatic ring is 1. The van der Waals surface area contributed by atoms with Gasteiger partial charge in [-0.25, -0.2) is 9.67 Å². The van der Waals surface area contributed by atoms with Crippen LogP contribution in [0.25, 0.3) is 0 Å². The molecule has 1 aromatic carbocycles. The number of hydrogen-bond acceptors (Lipinski definition) is 5. The molecule has 112 valence electrons. The molecule has 7 nitrogen and oxygen atoms in total. The Morgan fingerprint density at radius 3 is 3.00 bits per heavy atom. The van der Waals surface area contributed by atoms with Crippen LogP contribution < -0.4 is 10.5 Å². The maximum Gasteiger partial charge on any atom is 0.244 e. The number of ether oxygens (including phenoxy) is 1. The second-order valence-electron chi connectivity index (χ2n) is 4.42. The van der Waals surface area contributed by atoms with Crippen molar-refractivity contribution in [1.82, 2.24) is 19.7 Å². The lowest BCUT2D eigenvalue weighted by Gasteiger charge is -2.17. The number of aromatic nitrogens is 3. The summed E-state index contributed by atoms with van der Waals surface area (Å²) in [7, 11) is 1.70. The lowest BCUT2D eigenvalue weighted by molar-refractivity contribution is -0.131. The van der Waals surface area contributed by atoms with E-state index in [0.29, 0.717) is 23.9 Å². The van der Waals surface area contributed by atoms with E-state index in [1.807, 2.05) is 12.1 Å². The molecule has 0 saturated carbocycles. The van der Waals surface area contributed by atoms with Gasteiger partial charge in [0.05, 0.1) is 6.54 Å². The molecule has 1 heterocycles. The van der Waals surface area contributed by atoms with Crippen LogP contribution in [0, 0.1) is 0 Å². The van der Waals surface area contributed by atoms with Crippen LogP contribution in [0.2, 0.25) is 5.02 Å². The highest BCUT2D eigenvalue weighted by atomic mass is 35.5. The number of anilines is 1. The van der Waals surface area contributed by atoms with E-state index in [-0.39, 0.29) is 18.4 Å². The molecule has 0 aliphatic heterocycles. The van der Waals surface area contributed by atoms with E-state index >= 15 is 0 Å². The van der Waals surface area contributed by atoms with Crippen LogP contribution in [0.15, 0.2) is 30.6 Å². The van der Waals surface area contributed by atoms with Crippen LogP contribution in [-0.4, -0.2) is 45.8 Å². The Morgan fingerprint density at radius 2 is 2.33 bits per heavy atom. The Bertz CT molecular complexity index is 616. The molecular weight excluding hydrogens is 294 g/mol. The highest BCUT2D eigenvalue weighted by molar-refractivity contribution is 6.30. The molecule has 0 aliphatic carbocycles. The number of halogens is 1. The normalized spacial score (nSPS) is 10.4. The van der Waals surface area contributed by atoms with Crippen LogP contribution in [0.5, 0.6) is 5.75 Å². The van der Waals surface area contributed by atoms with Gasteiger partial charge in [0.1, 0.15) is 25.2 Å². The quantitative estimate of drug-likeness (QED) is 0.862. The zero-order chi connectivity index (χ0) is 15.2. The number of benzene rings is 1. The fourth-order valence-electron chi connectivity index (χ4n) is 1.63. The highest BCUT2D eigenvalue weighted by Gasteiger charge is 2.10. The molecule has 0 fully saturated rings. The average Bonchev–Trinajstić information content (AvgIpc) is 2.84. The summed E-state index contributed by atoms with van der Waals surface area (Å²) < 4.78 is 6.92. The summed E-state index contributed by atoms with van der Waals surface area (Å²) in [5, 5.41) is 4.47. The molecule has 1 amide bonds. The Labute approximate surface area is 127 Å². The van der Waals surface area contributed by atoms with Crippen molar-refractivity contribution in [3.63, 3.8) is 0 Å². The molecule has 8 heteroatoms. The third kappa shape index (κ3) is 4.64. The Kier molecular flexibility index (Phi) is 4.99. The second kappa shape index (κ2) is 6.94. The smallest absolute Gasteiger partial charge is 0.244 e. The summed E-state index contributed by atoms with van der Waals surface area (Å²) >= 11 is 5.86. The van der Waals surface area contributed by atoms with Crippen molar-refractivity contribution in [2.45, 2.75) is 6.54 Å². The Morgan fingerprint density at radius 1 is 1.52 bits per heavy atom. The molecular formula is C13H16ClN5O2. The standard InChI is InChI=1S/C13H16ClN5O2/c1-18(12(20)8-19-9-16-13(15)17-19)5-6-21-11-4-2-3-10(14)7-11/h2-4,7,9H,5-6,8H2,1H3,(H2,15,17). The topological polar surface area (TPSA) is 86.3 Å². The van der Waals surface area contributed by atoms with Crippen LogP contribution in [0.3, 0.4) is 0 Å². The molecule has 21 heavy (non-hydrogen) atoms. The molecule has 0 spiro atoms. The van der Waals surface area contributed by atoms with Crippen molar-refractivity contribution in [3.8, 4) is 5.75 Å². The van der Waals surface area contributed by atoms with E-state index in [4.69, 9.17) is 22.1 Å². The predicted molar refractivity (Wildman–Crippen MR) is 79.0 cm³/mol. The first-order chi connectivity index (χ1) is 10.0. The first-order valence-corrected chi connectivity index (χ1v) is 6.69. The minimum Gasteiger partial charge on any atom is -0.492 e. The molecule has 0 atom stereocenters. The van der Waals surface area contributed by atoms with Crippen LogP contribution in [0.4, 0.5) is 5.95 Å². The molecule has 1 aromatic heterocycles. The van der Waals surface area contributed by atoms with Crippen LogP contribution >= 0.6 is 11.6 Å². The van der Waals surface area contributed by atoms with Gasteiger partial charge in [0.15, 0.2) is 0 Å². The van der Waals surface area contributed by atoms with Gasteiger partial charge in [-0.05, 0) is 18.2 Å². The van der Waals surface area contributed by atoms with E-state index in [1.54, 1.807) is 24.1 Å². The predicted octanol–water partition coefficient (Wildman–Crippen LogP) is 1.05. The van der Waals surface area contributed by atoms with E-state index in [9.17, 15) is 4.79 Å². The first-order valence-electron chi connectivity index (χ1n) is 6.32. The molecule has 2 aromatic rings. The summed E-state index contributed by atoms with van der Waals surface area (Å²) in [5.74, 6) is 0.719. The lowest BCUT2D eigenvalue weighted by atomic mass is 10.3. The van der Waals surface area contributed by atoms with Gasteiger partial charge in [-0.2, -0.15) is 0 Å². The minimum absolute atomic E-state index is 0.0951.